The number of nitrogens with zero attached hydrogens (tertiary/aromatic N) is 6. The summed E-state index contributed by atoms with van der Waals surface area (Å²) >= 11 is 0. The molecule has 2 heterocycles. The van der Waals surface area contributed by atoms with Crippen LogP contribution in [0.2, 0.25) is 0 Å². The Morgan fingerprint density at radius 2 is 1.96 bits per heavy atom. The molecule has 0 unspecified atom stereocenters. The quantitative estimate of drug-likeness (QED) is 0.464. The number of nitrogens with one attached hydrogen (secondary N) is 1. The fourth-order valence-electron chi connectivity index (χ4n) is 3.05. The van der Waals surface area contributed by atoms with E-state index in [-0.39, 0.29) is 11.9 Å². The number of benzene rings is 1. The summed E-state index contributed by atoms with van der Waals surface area (Å²) in [4.78, 5) is 28.7. The van der Waals surface area contributed by atoms with E-state index >= 15 is 0 Å². The van der Waals surface area contributed by atoms with Crippen LogP contribution >= 0.6 is 0 Å². The minimum Gasteiger partial charge on any atom is -0.368 e. The maximum absolute atomic E-state index is 11.6. The van der Waals surface area contributed by atoms with Gasteiger partial charge >= 0.3 is 0 Å². The predicted molar refractivity (Wildman–Crippen MR) is 110 cm³/mol. The van der Waals surface area contributed by atoms with Gasteiger partial charge in [-0.05, 0) is 18.6 Å². The summed E-state index contributed by atoms with van der Waals surface area (Å²) in [5.74, 6) is 1.87. The van der Waals surface area contributed by atoms with E-state index in [1.54, 1.807) is 11.9 Å². The number of para-hydroxylation sites is 1. The molecular weight excluding hydrogens is 356 g/mol. The predicted octanol–water partition coefficient (Wildman–Crippen LogP) is 1.12. The average Bonchev–Trinajstić information content (AvgIpc) is 2.95. The van der Waals surface area contributed by atoms with E-state index in [0.29, 0.717) is 12.4 Å². The molecule has 2 aromatic rings. The molecule has 9 heteroatoms. The summed E-state index contributed by atoms with van der Waals surface area (Å²) in [6.07, 6.45) is 2.44. The van der Waals surface area contributed by atoms with Crippen LogP contribution < -0.4 is 21.1 Å². The molecule has 9 nitrogen and oxygen atoms in total. The Labute approximate surface area is 164 Å². The number of guanidine groups is 1. The highest BCUT2D eigenvalue weighted by Gasteiger charge is 2.18. The fourth-order valence-corrected chi connectivity index (χ4v) is 3.05. The number of rotatable bonds is 4. The summed E-state index contributed by atoms with van der Waals surface area (Å²) in [5, 5.41) is 1.70. The normalized spacial score (nSPS) is 15.1. The zero-order chi connectivity index (χ0) is 19.9. The van der Waals surface area contributed by atoms with Crippen LogP contribution in [-0.2, 0) is 4.79 Å². The molecule has 28 heavy (non-hydrogen) atoms. The number of anilines is 2. The van der Waals surface area contributed by atoms with Crippen molar-refractivity contribution in [1.29, 1.82) is 0 Å². The molecule has 1 amide bonds. The maximum atomic E-state index is 11.6. The first-order valence-corrected chi connectivity index (χ1v) is 9.25. The topological polar surface area (TPSA) is 103 Å². The van der Waals surface area contributed by atoms with E-state index < -0.39 is 0 Å². The van der Waals surface area contributed by atoms with Gasteiger partial charge in [0.25, 0.3) is 0 Å². The molecule has 0 spiro atoms. The van der Waals surface area contributed by atoms with Gasteiger partial charge in [-0.3, -0.25) is 15.2 Å². The van der Waals surface area contributed by atoms with Gasteiger partial charge in [0.1, 0.15) is 12.1 Å². The second kappa shape index (κ2) is 9.03. The Kier molecular flexibility index (Phi) is 6.25. The molecule has 0 aliphatic carbocycles. The first-order valence-electron chi connectivity index (χ1n) is 9.25. The first kappa shape index (κ1) is 19.4. The average molecular weight is 382 g/mol. The van der Waals surface area contributed by atoms with E-state index in [1.807, 2.05) is 48.3 Å². The number of hydrogen-bond acceptors (Lipinski definition) is 6. The Morgan fingerprint density at radius 1 is 1.18 bits per heavy atom. The molecule has 0 atom stereocenters. The number of aromatic nitrogens is 2. The molecule has 3 rings (SSSR count). The molecule has 0 bridgehead atoms. The van der Waals surface area contributed by atoms with E-state index in [1.165, 1.54) is 6.33 Å². The number of hydrogen-bond donors (Lipinski definition) is 2. The van der Waals surface area contributed by atoms with Gasteiger partial charge in [-0.25, -0.2) is 15.0 Å². The number of aliphatic imine (C=N–C) groups is 1. The van der Waals surface area contributed by atoms with Gasteiger partial charge in [0, 0.05) is 46.2 Å². The van der Waals surface area contributed by atoms with Gasteiger partial charge in [-0.1, -0.05) is 18.2 Å². The molecule has 1 aromatic carbocycles. The Balaban J connectivity index is 1.67. The molecule has 1 aliphatic rings. The number of amides is 1. The lowest BCUT2D eigenvalue weighted by Gasteiger charge is -2.24. The summed E-state index contributed by atoms with van der Waals surface area (Å²) in [6.45, 7) is 4.66. The van der Waals surface area contributed by atoms with Crippen molar-refractivity contribution in [3.63, 3.8) is 0 Å². The van der Waals surface area contributed by atoms with Crippen molar-refractivity contribution in [1.82, 2.24) is 20.3 Å². The fraction of sp³-hybridized carbons (Fsp3) is 0.368. The highest BCUT2D eigenvalue weighted by molar-refractivity contribution is 5.82. The molecule has 1 aliphatic heterocycles. The van der Waals surface area contributed by atoms with Crippen LogP contribution in [0.5, 0.6) is 0 Å². The molecule has 3 N–H and O–H groups in total. The van der Waals surface area contributed by atoms with Crippen molar-refractivity contribution >= 4 is 29.2 Å². The lowest BCUT2D eigenvalue weighted by atomic mass is 10.3. The number of carbonyl (C=O) groups is 1. The van der Waals surface area contributed by atoms with Gasteiger partial charge in [0.2, 0.25) is 11.9 Å². The van der Waals surface area contributed by atoms with Crippen molar-refractivity contribution in [2.75, 3.05) is 43.1 Å². The lowest BCUT2D eigenvalue weighted by molar-refractivity contribution is -0.128. The van der Waals surface area contributed by atoms with Crippen molar-refractivity contribution in [2.45, 2.75) is 13.3 Å². The van der Waals surface area contributed by atoms with Gasteiger partial charge < -0.3 is 15.5 Å². The van der Waals surface area contributed by atoms with Gasteiger partial charge in [-0.15, -0.1) is 0 Å². The summed E-state index contributed by atoms with van der Waals surface area (Å²) in [7, 11) is 1.82. The Bertz CT molecular complexity index is 826. The van der Waals surface area contributed by atoms with Gasteiger partial charge in [0.05, 0.1) is 5.69 Å². The second-order valence-corrected chi connectivity index (χ2v) is 6.58. The van der Waals surface area contributed by atoms with Gasteiger partial charge in [-0.2, -0.15) is 0 Å². The van der Waals surface area contributed by atoms with E-state index in [4.69, 9.17) is 5.73 Å². The van der Waals surface area contributed by atoms with Crippen LogP contribution in [0.4, 0.5) is 17.3 Å². The zero-order valence-electron chi connectivity index (χ0n) is 16.2. The second-order valence-electron chi connectivity index (χ2n) is 6.58. The maximum Gasteiger partial charge on any atom is 0.219 e. The number of hydrazine groups is 1. The number of nitrogens with two attached hydrogens (primary N) is 1. The van der Waals surface area contributed by atoms with Crippen LogP contribution in [0.25, 0.3) is 0 Å². The standard InChI is InChI=1S/C19H26N8O/c1-15(28)26-9-6-10-27(12-11-26)18-13-17(21-14-22-18)25(2)24-19(20)23-16-7-4-3-5-8-16/h3-5,7-8,13-14H,6,9-12H2,1-2H3,(H3,20,23,24). The third-order valence-electron chi connectivity index (χ3n) is 4.54. The molecule has 148 valence electrons. The zero-order valence-corrected chi connectivity index (χ0v) is 16.2. The summed E-state index contributed by atoms with van der Waals surface area (Å²) in [5.41, 5.74) is 9.77. The molecule has 1 aromatic heterocycles. The van der Waals surface area contributed by atoms with Crippen LogP contribution in [0.3, 0.4) is 0 Å². The Hall–Kier alpha value is -3.36. The van der Waals surface area contributed by atoms with Crippen LogP contribution in [0.1, 0.15) is 13.3 Å². The third-order valence-corrected chi connectivity index (χ3v) is 4.54. The smallest absolute Gasteiger partial charge is 0.219 e. The molecule has 0 radical (unpaired) electrons. The first-order chi connectivity index (χ1) is 13.5. The lowest BCUT2D eigenvalue weighted by Crippen LogP contribution is -2.44. The molecule has 1 saturated heterocycles. The Morgan fingerprint density at radius 3 is 2.71 bits per heavy atom. The van der Waals surface area contributed by atoms with Crippen molar-refractivity contribution in [3.8, 4) is 0 Å². The summed E-state index contributed by atoms with van der Waals surface area (Å²) in [6, 6.07) is 11.4. The number of carbonyl (C=O) groups excluding carboxylic acids is 1. The highest BCUT2D eigenvalue weighted by Crippen LogP contribution is 2.18. The minimum absolute atomic E-state index is 0.113. The minimum atomic E-state index is 0.113. The van der Waals surface area contributed by atoms with Crippen LogP contribution in [-0.4, -0.2) is 60.0 Å². The van der Waals surface area contributed by atoms with Crippen LogP contribution in [0, 0.1) is 0 Å². The summed E-state index contributed by atoms with van der Waals surface area (Å²) < 4.78 is 0. The molecular formula is C19H26N8O. The highest BCUT2D eigenvalue weighted by atomic mass is 16.2. The van der Waals surface area contributed by atoms with E-state index in [2.05, 4.69) is 25.3 Å². The van der Waals surface area contributed by atoms with Crippen molar-refractivity contribution in [3.05, 3.63) is 42.7 Å². The van der Waals surface area contributed by atoms with Crippen LogP contribution in [0.15, 0.2) is 47.7 Å². The van der Waals surface area contributed by atoms with Crippen molar-refractivity contribution in [2.24, 2.45) is 10.7 Å². The molecule has 0 saturated carbocycles. The SMILES string of the molecule is CC(=O)N1CCCN(c2cc(N(C)NC(N)=Nc3ccccc3)ncn2)CC1. The third kappa shape index (κ3) is 5.09. The van der Waals surface area contributed by atoms with Crippen molar-refractivity contribution < 1.29 is 4.79 Å². The monoisotopic (exact) mass is 382 g/mol. The largest absolute Gasteiger partial charge is 0.368 e. The van der Waals surface area contributed by atoms with Gasteiger partial charge in [0.15, 0.2) is 5.82 Å². The van der Waals surface area contributed by atoms with E-state index in [0.717, 1.165) is 37.6 Å². The molecule has 1 fully saturated rings. The van der Waals surface area contributed by atoms with E-state index in [9.17, 15) is 4.79 Å².